The van der Waals surface area contributed by atoms with Crippen LogP contribution in [-0.2, 0) is 9.47 Å². The van der Waals surface area contributed by atoms with Crippen molar-refractivity contribution in [3.05, 3.63) is 0 Å². The van der Waals surface area contributed by atoms with Crippen LogP contribution in [0.1, 0.15) is 32.6 Å². The maximum Gasteiger partial charge on any atom is 0.0704 e. The maximum atomic E-state index is 5.92. The summed E-state index contributed by atoms with van der Waals surface area (Å²) in [6.45, 7) is 4.26. The molecule has 0 amide bonds. The molecule has 16 heavy (non-hydrogen) atoms. The minimum atomic E-state index is 0.456. The quantitative estimate of drug-likeness (QED) is 0.508. The van der Waals surface area contributed by atoms with E-state index in [9.17, 15) is 0 Å². The summed E-state index contributed by atoms with van der Waals surface area (Å²) in [5.74, 6) is 5.12. The molecular formula is C14H22O2. The Hall–Kier alpha value is -0.520. The topological polar surface area (TPSA) is 18.5 Å². The van der Waals surface area contributed by atoms with Crippen LogP contribution in [0.15, 0.2) is 0 Å². The van der Waals surface area contributed by atoms with Crippen molar-refractivity contribution in [1.82, 2.24) is 0 Å². The highest BCUT2D eigenvalue weighted by Crippen LogP contribution is 2.51. The molecule has 2 bridgehead atoms. The first-order valence-corrected chi connectivity index (χ1v) is 6.49. The van der Waals surface area contributed by atoms with Gasteiger partial charge in [-0.1, -0.05) is 0 Å². The van der Waals surface area contributed by atoms with Crippen molar-refractivity contribution in [2.75, 3.05) is 19.8 Å². The largest absolute Gasteiger partial charge is 0.379 e. The van der Waals surface area contributed by atoms with E-state index < -0.39 is 0 Å². The Kier molecular flexibility index (Phi) is 4.26. The smallest absolute Gasteiger partial charge is 0.0704 e. The van der Waals surface area contributed by atoms with E-state index in [1.54, 1.807) is 0 Å². The van der Waals surface area contributed by atoms with Gasteiger partial charge in [-0.15, -0.1) is 12.3 Å². The zero-order chi connectivity index (χ0) is 11.4. The summed E-state index contributed by atoms with van der Waals surface area (Å²) in [5.41, 5.74) is 0. The molecule has 0 aromatic heterocycles. The normalized spacial score (nSPS) is 36.5. The van der Waals surface area contributed by atoms with Crippen molar-refractivity contribution in [3.63, 3.8) is 0 Å². The number of ether oxygens (including phenoxy) is 2. The number of hydrogen-bond donors (Lipinski definition) is 0. The fourth-order valence-electron chi connectivity index (χ4n) is 3.46. The van der Waals surface area contributed by atoms with E-state index in [1.807, 2.05) is 6.92 Å². The van der Waals surface area contributed by atoms with Gasteiger partial charge < -0.3 is 9.47 Å². The summed E-state index contributed by atoms with van der Waals surface area (Å²) < 4.78 is 11.2. The van der Waals surface area contributed by atoms with Gasteiger partial charge in [-0.3, -0.25) is 0 Å². The molecule has 0 spiro atoms. The van der Waals surface area contributed by atoms with Crippen LogP contribution in [0, 0.1) is 30.1 Å². The highest BCUT2D eigenvalue weighted by molar-refractivity contribution is 5.02. The van der Waals surface area contributed by atoms with E-state index in [0.717, 1.165) is 44.0 Å². The summed E-state index contributed by atoms with van der Waals surface area (Å²) in [4.78, 5) is 0. The average molecular weight is 222 g/mol. The van der Waals surface area contributed by atoms with Crippen LogP contribution in [0.5, 0.6) is 0 Å². The average Bonchev–Trinajstić information content (AvgIpc) is 2.82. The Balaban J connectivity index is 1.75. The van der Waals surface area contributed by atoms with E-state index in [4.69, 9.17) is 15.9 Å². The minimum Gasteiger partial charge on any atom is -0.379 e. The fraction of sp³-hybridized carbons (Fsp3) is 0.857. The van der Waals surface area contributed by atoms with Crippen LogP contribution < -0.4 is 0 Å². The van der Waals surface area contributed by atoms with Crippen molar-refractivity contribution in [1.29, 1.82) is 0 Å². The van der Waals surface area contributed by atoms with Gasteiger partial charge in [0.1, 0.15) is 0 Å². The lowest BCUT2D eigenvalue weighted by molar-refractivity contribution is -0.0189. The molecule has 2 heteroatoms. The second-order valence-electron chi connectivity index (χ2n) is 4.92. The van der Waals surface area contributed by atoms with E-state index in [-0.39, 0.29) is 0 Å². The zero-order valence-electron chi connectivity index (χ0n) is 10.2. The molecule has 0 heterocycles. The number of rotatable bonds is 6. The van der Waals surface area contributed by atoms with Gasteiger partial charge in [-0.05, 0) is 43.9 Å². The van der Waals surface area contributed by atoms with E-state index in [1.165, 1.54) is 19.3 Å². The minimum absolute atomic E-state index is 0.456. The molecule has 0 N–H and O–H groups in total. The third kappa shape index (κ3) is 2.42. The van der Waals surface area contributed by atoms with E-state index >= 15 is 0 Å². The predicted octanol–water partition coefficient (Wildman–Crippen LogP) is 2.48. The van der Waals surface area contributed by atoms with E-state index in [0.29, 0.717) is 6.10 Å². The number of terminal acetylenes is 1. The molecule has 90 valence electrons. The first kappa shape index (κ1) is 12.0. The van der Waals surface area contributed by atoms with E-state index in [2.05, 4.69) is 5.92 Å². The molecule has 2 aliphatic carbocycles. The zero-order valence-corrected chi connectivity index (χ0v) is 10.2. The molecule has 0 unspecified atom stereocenters. The molecule has 2 saturated carbocycles. The molecule has 2 rings (SSSR count). The predicted molar refractivity (Wildman–Crippen MR) is 64.0 cm³/mol. The molecule has 2 nitrogen and oxygen atoms in total. The molecule has 0 saturated heterocycles. The molecule has 4 atom stereocenters. The van der Waals surface area contributed by atoms with Crippen LogP contribution in [0.4, 0.5) is 0 Å². The fourth-order valence-corrected chi connectivity index (χ4v) is 3.46. The summed E-state index contributed by atoms with van der Waals surface area (Å²) in [5, 5.41) is 0. The van der Waals surface area contributed by atoms with Gasteiger partial charge in [-0.2, -0.15) is 0 Å². The molecule has 0 radical (unpaired) electrons. The maximum absolute atomic E-state index is 5.92. The molecule has 2 aliphatic rings. The van der Waals surface area contributed by atoms with Gasteiger partial charge in [0.15, 0.2) is 0 Å². The highest BCUT2D eigenvalue weighted by Gasteiger charge is 2.47. The van der Waals surface area contributed by atoms with Crippen molar-refractivity contribution < 1.29 is 9.47 Å². The summed E-state index contributed by atoms with van der Waals surface area (Å²) in [7, 11) is 0. The van der Waals surface area contributed by atoms with Gasteiger partial charge in [0.25, 0.3) is 0 Å². The van der Waals surface area contributed by atoms with Crippen LogP contribution in [0.3, 0.4) is 0 Å². The Morgan fingerprint density at radius 3 is 2.94 bits per heavy atom. The van der Waals surface area contributed by atoms with Crippen LogP contribution in [-0.4, -0.2) is 25.9 Å². The van der Waals surface area contributed by atoms with Crippen molar-refractivity contribution in [3.8, 4) is 12.3 Å². The second-order valence-corrected chi connectivity index (χ2v) is 4.92. The lowest BCUT2D eigenvalue weighted by Crippen LogP contribution is -2.23. The van der Waals surface area contributed by atoms with Crippen molar-refractivity contribution >= 4 is 0 Å². The lowest BCUT2D eigenvalue weighted by Gasteiger charge is -2.22. The number of hydrogen-bond acceptors (Lipinski definition) is 2. The Bertz CT molecular complexity index is 256. The monoisotopic (exact) mass is 222 g/mol. The second kappa shape index (κ2) is 5.70. The summed E-state index contributed by atoms with van der Waals surface area (Å²) in [6, 6.07) is 0. The molecular weight excluding hydrogens is 200 g/mol. The van der Waals surface area contributed by atoms with Crippen LogP contribution in [0.2, 0.25) is 0 Å². The van der Waals surface area contributed by atoms with Crippen LogP contribution >= 0.6 is 0 Å². The first-order valence-electron chi connectivity index (χ1n) is 6.49. The van der Waals surface area contributed by atoms with Gasteiger partial charge in [0, 0.05) is 13.0 Å². The van der Waals surface area contributed by atoms with Crippen molar-refractivity contribution in [2.24, 2.45) is 17.8 Å². The molecule has 2 fully saturated rings. The van der Waals surface area contributed by atoms with Gasteiger partial charge in [0.05, 0.1) is 19.3 Å². The summed E-state index contributed by atoms with van der Waals surface area (Å²) in [6.07, 6.45) is 10.7. The van der Waals surface area contributed by atoms with Crippen molar-refractivity contribution in [2.45, 2.75) is 38.7 Å². The number of fused-ring (bicyclic) bond motifs is 2. The summed E-state index contributed by atoms with van der Waals surface area (Å²) >= 11 is 0. The van der Waals surface area contributed by atoms with Gasteiger partial charge >= 0.3 is 0 Å². The molecule has 0 aromatic rings. The van der Waals surface area contributed by atoms with Gasteiger partial charge in [0.2, 0.25) is 0 Å². The highest BCUT2D eigenvalue weighted by atomic mass is 16.5. The first-order chi connectivity index (χ1) is 7.86. The Morgan fingerprint density at radius 1 is 1.31 bits per heavy atom. The Labute approximate surface area is 98.7 Å². The third-order valence-electron chi connectivity index (χ3n) is 4.16. The van der Waals surface area contributed by atoms with Gasteiger partial charge in [-0.25, -0.2) is 0 Å². The van der Waals surface area contributed by atoms with Crippen LogP contribution in [0.25, 0.3) is 0 Å². The SMILES string of the molecule is C#CC[C@@H]1[C@H]2CC[C@@H]1[C@@H](OCCOCC)C2. The molecule has 0 aliphatic heterocycles. The lowest BCUT2D eigenvalue weighted by atomic mass is 9.94. The molecule has 0 aromatic carbocycles. The third-order valence-corrected chi connectivity index (χ3v) is 4.16. The standard InChI is InChI=1S/C14H22O2/c1-3-5-12-11-6-7-13(12)14(10-11)16-9-8-15-4-2/h1,11-14H,4-10H2,2H3/t11-,12+,13-,14-/m0/s1. The Morgan fingerprint density at radius 2 is 2.19 bits per heavy atom.